The first kappa shape index (κ1) is 32.1. The first-order valence-corrected chi connectivity index (χ1v) is 15.4. The molecular formula is C32H42Cl3N3O3. The summed E-state index contributed by atoms with van der Waals surface area (Å²) in [6.07, 6.45) is 4.37. The number of benzene rings is 2. The molecule has 0 spiro atoms. The maximum absolute atomic E-state index is 13.2. The number of piperazine rings is 1. The summed E-state index contributed by atoms with van der Waals surface area (Å²) in [5.41, 5.74) is 3.43. The molecule has 1 aliphatic carbocycles. The van der Waals surface area contributed by atoms with Crippen LogP contribution in [-0.2, 0) is 11.2 Å². The van der Waals surface area contributed by atoms with Gasteiger partial charge in [-0.2, -0.15) is 0 Å². The molecule has 1 atom stereocenters. The number of halogens is 3. The lowest BCUT2D eigenvalue weighted by molar-refractivity contribution is -0.133. The second kappa shape index (κ2) is 13.2. The lowest BCUT2D eigenvalue weighted by atomic mass is 9.92. The van der Waals surface area contributed by atoms with Crippen LogP contribution in [0.5, 0.6) is 0 Å². The number of nitrogens with zero attached hydrogens (tertiary/aromatic N) is 3. The third-order valence-electron chi connectivity index (χ3n) is 9.03. The normalized spacial score (nSPS) is 24.0. The van der Waals surface area contributed by atoms with Crippen LogP contribution in [0.15, 0.2) is 36.4 Å². The summed E-state index contributed by atoms with van der Waals surface area (Å²) in [7, 11) is 0. The van der Waals surface area contributed by atoms with Crippen LogP contribution in [-0.4, -0.2) is 82.0 Å². The smallest absolute Gasteiger partial charge is 0.253 e. The number of amides is 2. The summed E-state index contributed by atoms with van der Waals surface area (Å²) in [6, 6.07) is 11.7. The lowest BCUT2D eigenvalue weighted by Crippen LogP contribution is -2.54. The van der Waals surface area contributed by atoms with Crippen LogP contribution < -0.4 is 0 Å². The molecule has 0 unspecified atom stereocenters. The zero-order chi connectivity index (χ0) is 28.6. The van der Waals surface area contributed by atoms with Gasteiger partial charge >= 0.3 is 0 Å². The molecule has 2 saturated heterocycles. The van der Waals surface area contributed by atoms with Gasteiger partial charge in [-0.25, -0.2) is 0 Å². The zero-order valence-corrected chi connectivity index (χ0v) is 26.6. The van der Waals surface area contributed by atoms with Crippen LogP contribution in [0.3, 0.4) is 0 Å². The average Bonchev–Trinajstić information content (AvgIpc) is 3.30. The number of likely N-dealkylation sites (tertiary alicyclic amines) is 1. The third-order valence-corrected chi connectivity index (χ3v) is 9.70. The van der Waals surface area contributed by atoms with Crippen LogP contribution >= 0.6 is 35.6 Å². The van der Waals surface area contributed by atoms with Gasteiger partial charge in [0, 0.05) is 65.8 Å². The molecule has 0 radical (unpaired) electrons. The first-order valence-electron chi connectivity index (χ1n) is 14.6. The Kier molecular flexibility index (Phi) is 10.3. The fraction of sp³-hybridized carbons (Fsp3) is 0.562. The van der Waals surface area contributed by atoms with Crippen molar-refractivity contribution < 1.29 is 14.7 Å². The van der Waals surface area contributed by atoms with Gasteiger partial charge in [-0.3, -0.25) is 14.5 Å². The molecule has 0 bridgehead atoms. The zero-order valence-electron chi connectivity index (χ0n) is 24.2. The fourth-order valence-electron chi connectivity index (χ4n) is 6.46. The summed E-state index contributed by atoms with van der Waals surface area (Å²) >= 11 is 13.5. The van der Waals surface area contributed by atoms with Crippen LogP contribution in [0.4, 0.5) is 0 Å². The summed E-state index contributed by atoms with van der Waals surface area (Å²) in [5.74, 6) is 0.118. The van der Waals surface area contributed by atoms with Gasteiger partial charge in [-0.1, -0.05) is 35.3 Å². The molecule has 3 aliphatic rings. The Labute approximate surface area is 260 Å². The van der Waals surface area contributed by atoms with E-state index in [-0.39, 0.29) is 47.8 Å². The van der Waals surface area contributed by atoms with E-state index in [0.29, 0.717) is 22.0 Å². The Balaban J connectivity index is 0.00000387. The van der Waals surface area contributed by atoms with Gasteiger partial charge in [0.15, 0.2) is 0 Å². The summed E-state index contributed by atoms with van der Waals surface area (Å²) in [4.78, 5) is 32.7. The molecular weight excluding hydrogens is 581 g/mol. The second-order valence-electron chi connectivity index (χ2n) is 12.6. The van der Waals surface area contributed by atoms with Crippen molar-refractivity contribution in [3.05, 3.63) is 57.6 Å². The van der Waals surface area contributed by atoms with E-state index < -0.39 is 0 Å². The van der Waals surface area contributed by atoms with Gasteiger partial charge in [0.2, 0.25) is 5.91 Å². The number of carbonyl (C=O) groups excluding carboxylic acids is 2. The minimum Gasteiger partial charge on any atom is -0.393 e. The highest BCUT2D eigenvalue weighted by Gasteiger charge is 2.37. The molecule has 2 aromatic rings. The molecule has 5 rings (SSSR count). The second-order valence-corrected chi connectivity index (χ2v) is 13.4. The first-order chi connectivity index (χ1) is 19.0. The van der Waals surface area contributed by atoms with E-state index in [4.69, 9.17) is 23.2 Å². The highest BCUT2D eigenvalue weighted by atomic mass is 35.5. The van der Waals surface area contributed by atoms with Crippen LogP contribution in [0.1, 0.15) is 68.8 Å². The van der Waals surface area contributed by atoms with Crippen molar-refractivity contribution in [3.8, 4) is 11.1 Å². The van der Waals surface area contributed by atoms with Crippen LogP contribution in [0.25, 0.3) is 11.1 Å². The predicted octanol–water partition coefficient (Wildman–Crippen LogP) is 6.33. The van der Waals surface area contributed by atoms with Crippen molar-refractivity contribution in [2.75, 3.05) is 32.7 Å². The van der Waals surface area contributed by atoms with Crippen LogP contribution in [0, 0.1) is 5.92 Å². The van der Waals surface area contributed by atoms with Gasteiger partial charge in [-0.15, -0.1) is 12.4 Å². The Hall–Kier alpha value is -1.83. The topological polar surface area (TPSA) is 64.1 Å². The maximum atomic E-state index is 13.2. The number of aliphatic hydroxyl groups is 1. The molecule has 3 fully saturated rings. The molecule has 0 aromatic heterocycles. The molecule has 2 aromatic carbocycles. The van der Waals surface area contributed by atoms with E-state index in [0.717, 1.165) is 81.5 Å². The Bertz CT molecular complexity index is 1210. The van der Waals surface area contributed by atoms with E-state index in [2.05, 4.69) is 25.7 Å². The highest BCUT2D eigenvalue weighted by Crippen LogP contribution is 2.37. The summed E-state index contributed by atoms with van der Waals surface area (Å²) < 4.78 is 0. The van der Waals surface area contributed by atoms with Gasteiger partial charge in [0.25, 0.3) is 5.91 Å². The number of carbonyl (C=O) groups is 2. The molecule has 2 amide bonds. The van der Waals surface area contributed by atoms with Gasteiger partial charge in [-0.05, 0) is 100 Å². The van der Waals surface area contributed by atoms with Gasteiger partial charge in [0.1, 0.15) is 0 Å². The molecule has 1 saturated carbocycles. The minimum absolute atomic E-state index is 0. The van der Waals surface area contributed by atoms with E-state index in [1.165, 1.54) is 0 Å². The number of aliphatic hydroxyl groups excluding tert-OH is 1. The van der Waals surface area contributed by atoms with E-state index in [1.807, 2.05) is 46.2 Å². The summed E-state index contributed by atoms with van der Waals surface area (Å²) in [5, 5.41) is 10.9. The van der Waals surface area contributed by atoms with Crippen molar-refractivity contribution in [1.29, 1.82) is 0 Å². The highest BCUT2D eigenvalue weighted by molar-refractivity contribution is 6.36. The fourth-order valence-corrected chi connectivity index (χ4v) is 7.11. The Morgan fingerprint density at radius 2 is 1.46 bits per heavy atom. The van der Waals surface area contributed by atoms with E-state index in [9.17, 15) is 14.7 Å². The third kappa shape index (κ3) is 7.22. The molecule has 9 heteroatoms. The minimum atomic E-state index is -0.230. The number of rotatable bonds is 5. The van der Waals surface area contributed by atoms with Crippen molar-refractivity contribution in [2.24, 2.45) is 5.92 Å². The largest absolute Gasteiger partial charge is 0.393 e. The predicted molar refractivity (Wildman–Crippen MR) is 168 cm³/mol. The molecule has 224 valence electrons. The van der Waals surface area contributed by atoms with Gasteiger partial charge < -0.3 is 14.9 Å². The van der Waals surface area contributed by atoms with E-state index >= 15 is 0 Å². The van der Waals surface area contributed by atoms with Crippen LogP contribution in [0.2, 0.25) is 10.0 Å². The maximum Gasteiger partial charge on any atom is 0.253 e. The van der Waals surface area contributed by atoms with Gasteiger partial charge in [0.05, 0.1) is 6.10 Å². The SMILES string of the molecule is CC(C)(C)N1CCN(C(=O)c2ccc(-c3cc(Cl)c(C[C@@H]4CCN([C@H]5CC[C@H](O)CC5)C4=O)c(Cl)c3)cc2)CC1.Cl. The lowest BCUT2D eigenvalue weighted by Gasteiger charge is -2.42. The average molecular weight is 623 g/mol. The molecule has 6 nitrogen and oxygen atoms in total. The van der Waals surface area contributed by atoms with Crippen molar-refractivity contribution in [2.45, 2.75) is 77.0 Å². The Morgan fingerprint density at radius 1 is 0.878 bits per heavy atom. The summed E-state index contributed by atoms with van der Waals surface area (Å²) in [6.45, 7) is 10.6. The molecule has 1 N–H and O–H groups in total. The standard InChI is InChI=1S/C32H41Cl2N3O3.ClH/c1-32(2,3)36-16-14-35(15-17-36)30(39)22-6-4-21(5-7-22)24-19-28(33)27(29(34)20-24)18-23-12-13-37(31(23)40)25-8-10-26(38)11-9-25;/h4-7,19-20,23,25-26,38H,8-18H2,1-3H3;1H/t23-,25-,26-;/m0./s1. The molecule has 2 aliphatic heterocycles. The Morgan fingerprint density at radius 3 is 2.02 bits per heavy atom. The van der Waals surface area contributed by atoms with Crippen molar-refractivity contribution in [1.82, 2.24) is 14.7 Å². The quantitative estimate of drug-likeness (QED) is 0.423. The molecule has 41 heavy (non-hydrogen) atoms. The van der Waals surface area contributed by atoms with Crippen molar-refractivity contribution >= 4 is 47.4 Å². The number of hydrogen-bond acceptors (Lipinski definition) is 4. The van der Waals surface area contributed by atoms with E-state index in [1.54, 1.807) is 0 Å². The molecule has 2 heterocycles. The number of hydrogen-bond donors (Lipinski definition) is 1. The van der Waals surface area contributed by atoms with Crippen molar-refractivity contribution in [3.63, 3.8) is 0 Å². The monoisotopic (exact) mass is 621 g/mol.